The molecule has 1 saturated carbocycles. The van der Waals surface area contributed by atoms with Crippen molar-refractivity contribution < 1.29 is 33.6 Å². The zero-order chi connectivity index (χ0) is 34.2. The monoisotopic (exact) mass is 655 g/mol. The summed E-state index contributed by atoms with van der Waals surface area (Å²) in [5.41, 5.74) is 3.79. The van der Waals surface area contributed by atoms with Crippen molar-refractivity contribution in [1.29, 1.82) is 0 Å². The van der Waals surface area contributed by atoms with E-state index in [9.17, 15) is 14.7 Å². The summed E-state index contributed by atoms with van der Waals surface area (Å²) in [6.07, 6.45) is -1.53. The minimum absolute atomic E-state index is 0.0733. The van der Waals surface area contributed by atoms with Crippen LogP contribution in [0.25, 0.3) is 11.1 Å². The summed E-state index contributed by atoms with van der Waals surface area (Å²) >= 11 is 0. The summed E-state index contributed by atoms with van der Waals surface area (Å²) in [6, 6.07) is 40.9. The van der Waals surface area contributed by atoms with Crippen LogP contribution in [0, 0.1) is 0 Å². The van der Waals surface area contributed by atoms with E-state index in [4.69, 9.17) is 18.9 Å². The molecule has 8 nitrogen and oxygen atoms in total. The van der Waals surface area contributed by atoms with Gasteiger partial charge in [0.05, 0.1) is 20.3 Å². The molecule has 1 N–H and O–H groups in total. The second kappa shape index (κ2) is 12.8. The standard InChI is InChI=1S/C41H37NO7/c1-42(39(45)48-26-36-34-15-9-7-13-32(34)33-14-8-10-16-35(33)36)40(38(43)44)25-37(40)49-41(27-11-5-4-6-12-27,28-17-21-30(46-2)22-18-28)29-19-23-31(47-3)24-20-29/h4-24,36-37H,25-26H2,1-3H3,(H,43,44). The van der Waals surface area contributed by atoms with E-state index in [0.29, 0.717) is 11.5 Å². The Morgan fingerprint density at radius 2 is 1.18 bits per heavy atom. The summed E-state index contributed by atoms with van der Waals surface area (Å²) in [4.78, 5) is 28.0. The van der Waals surface area contributed by atoms with Gasteiger partial charge in [0.15, 0.2) is 5.54 Å². The van der Waals surface area contributed by atoms with Crippen molar-refractivity contribution in [2.45, 2.75) is 29.6 Å². The van der Waals surface area contributed by atoms with Gasteiger partial charge in [-0.3, -0.25) is 4.90 Å². The maximum atomic E-state index is 13.7. The average Bonchev–Trinajstić information content (AvgIpc) is 3.80. The van der Waals surface area contributed by atoms with Gasteiger partial charge in [0.2, 0.25) is 0 Å². The maximum absolute atomic E-state index is 13.7. The highest BCUT2D eigenvalue weighted by Gasteiger charge is 2.68. The van der Waals surface area contributed by atoms with Crippen LogP contribution in [-0.4, -0.2) is 61.6 Å². The third kappa shape index (κ3) is 5.38. The van der Waals surface area contributed by atoms with Crippen molar-refractivity contribution in [1.82, 2.24) is 4.90 Å². The number of carbonyl (C=O) groups excluding carboxylic acids is 1. The first-order valence-electron chi connectivity index (χ1n) is 16.2. The number of hydrogen-bond acceptors (Lipinski definition) is 6. The summed E-state index contributed by atoms with van der Waals surface area (Å²) in [5, 5.41) is 10.7. The molecule has 0 aromatic heterocycles. The average molecular weight is 656 g/mol. The van der Waals surface area contributed by atoms with Crippen LogP contribution in [0.1, 0.15) is 40.2 Å². The molecule has 0 saturated heterocycles. The first kappa shape index (κ1) is 32.0. The van der Waals surface area contributed by atoms with Crippen LogP contribution in [0.2, 0.25) is 0 Å². The van der Waals surface area contributed by atoms with E-state index in [1.165, 1.54) is 11.9 Å². The Morgan fingerprint density at radius 1 is 0.714 bits per heavy atom. The zero-order valence-corrected chi connectivity index (χ0v) is 27.5. The number of fused-ring (bicyclic) bond motifs is 3. The number of benzene rings is 5. The Balaban J connectivity index is 1.21. The van der Waals surface area contributed by atoms with Gasteiger partial charge in [0, 0.05) is 19.4 Å². The molecular formula is C41H37NO7. The number of ether oxygens (including phenoxy) is 4. The van der Waals surface area contributed by atoms with E-state index < -0.39 is 29.3 Å². The Bertz CT molecular complexity index is 1880. The van der Waals surface area contributed by atoms with Gasteiger partial charge in [-0.05, 0) is 63.2 Å². The number of carboxylic acid groups (broad SMARTS) is 1. The topological polar surface area (TPSA) is 94.5 Å². The normalized spacial score (nSPS) is 17.8. The zero-order valence-electron chi connectivity index (χ0n) is 27.5. The number of amides is 1. The molecule has 0 aliphatic heterocycles. The van der Waals surface area contributed by atoms with Gasteiger partial charge in [-0.1, -0.05) is 103 Å². The molecule has 0 heterocycles. The van der Waals surface area contributed by atoms with E-state index in [-0.39, 0.29) is 18.9 Å². The molecule has 1 amide bonds. The smallest absolute Gasteiger partial charge is 0.410 e. The number of aliphatic carboxylic acids is 1. The number of nitrogens with zero attached hydrogens (tertiary/aromatic N) is 1. The van der Waals surface area contributed by atoms with E-state index in [1.807, 2.05) is 115 Å². The molecule has 0 bridgehead atoms. The first-order chi connectivity index (χ1) is 23.8. The van der Waals surface area contributed by atoms with E-state index >= 15 is 0 Å². The first-order valence-corrected chi connectivity index (χ1v) is 16.2. The lowest BCUT2D eigenvalue weighted by molar-refractivity contribution is -0.147. The van der Waals surface area contributed by atoms with Crippen LogP contribution in [0.4, 0.5) is 4.79 Å². The van der Waals surface area contributed by atoms with Crippen molar-refractivity contribution in [3.05, 3.63) is 155 Å². The number of methoxy groups -OCH3 is 2. The van der Waals surface area contributed by atoms with Gasteiger partial charge < -0.3 is 24.1 Å². The predicted molar refractivity (Wildman–Crippen MR) is 185 cm³/mol. The molecule has 49 heavy (non-hydrogen) atoms. The molecule has 8 heteroatoms. The molecule has 2 aliphatic rings. The van der Waals surface area contributed by atoms with E-state index in [2.05, 4.69) is 12.1 Å². The third-order valence-electron chi connectivity index (χ3n) is 9.94. The largest absolute Gasteiger partial charge is 0.497 e. The maximum Gasteiger partial charge on any atom is 0.410 e. The lowest BCUT2D eigenvalue weighted by Crippen LogP contribution is -2.49. The molecule has 2 aliphatic carbocycles. The molecular weight excluding hydrogens is 618 g/mol. The summed E-state index contributed by atoms with van der Waals surface area (Å²) in [7, 11) is 4.68. The van der Waals surface area contributed by atoms with E-state index in [0.717, 1.165) is 38.9 Å². The number of carboxylic acids is 1. The summed E-state index contributed by atoms with van der Waals surface area (Å²) in [5.74, 6) is 0.0102. The fraction of sp³-hybridized carbons (Fsp3) is 0.220. The summed E-state index contributed by atoms with van der Waals surface area (Å²) < 4.78 is 23.9. The molecule has 0 spiro atoms. The lowest BCUT2D eigenvalue weighted by Gasteiger charge is -2.37. The molecule has 0 radical (unpaired) electrons. The molecule has 5 aromatic carbocycles. The van der Waals surface area contributed by atoms with Crippen LogP contribution in [0.5, 0.6) is 11.5 Å². The second-order valence-corrected chi connectivity index (χ2v) is 12.4. The fourth-order valence-electron chi connectivity index (χ4n) is 7.18. The van der Waals surface area contributed by atoms with Crippen molar-refractivity contribution in [3.8, 4) is 22.6 Å². The highest BCUT2D eigenvalue weighted by atomic mass is 16.6. The van der Waals surface area contributed by atoms with Crippen LogP contribution in [0.3, 0.4) is 0 Å². The minimum atomic E-state index is -1.65. The molecule has 7 rings (SSSR count). The number of likely N-dealkylation sites (N-methyl/N-ethyl adjacent to an activating group) is 1. The van der Waals surface area contributed by atoms with Crippen molar-refractivity contribution >= 4 is 12.1 Å². The minimum Gasteiger partial charge on any atom is -0.497 e. The number of hydrogen-bond donors (Lipinski definition) is 1. The lowest BCUT2D eigenvalue weighted by atomic mass is 9.80. The fourth-order valence-corrected chi connectivity index (χ4v) is 7.18. The Hall–Kier alpha value is -5.60. The Labute approximate surface area is 285 Å². The Morgan fingerprint density at radius 3 is 1.67 bits per heavy atom. The molecule has 1 fully saturated rings. The van der Waals surface area contributed by atoms with Gasteiger partial charge in [0.25, 0.3) is 0 Å². The van der Waals surface area contributed by atoms with Gasteiger partial charge in [-0.15, -0.1) is 0 Å². The van der Waals surface area contributed by atoms with Gasteiger partial charge >= 0.3 is 12.1 Å². The van der Waals surface area contributed by atoms with E-state index in [1.54, 1.807) is 14.2 Å². The third-order valence-corrected chi connectivity index (χ3v) is 9.94. The predicted octanol–water partition coefficient (Wildman–Crippen LogP) is 7.49. The van der Waals surface area contributed by atoms with Crippen LogP contribution >= 0.6 is 0 Å². The van der Waals surface area contributed by atoms with Crippen LogP contribution in [-0.2, 0) is 19.9 Å². The highest BCUT2D eigenvalue weighted by molar-refractivity contribution is 5.89. The Kier molecular flexibility index (Phi) is 8.34. The van der Waals surface area contributed by atoms with Gasteiger partial charge in [-0.2, -0.15) is 0 Å². The van der Waals surface area contributed by atoms with Crippen molar-refractivity contribution in [3.63, 3.8) is 0 Å². The molecule has 2 atom stereocenters. The number of carbonyl (C=O) groups is 2. The van der Waals surface area contributed by atoms with Crippen LogP contribution < -0.4 is 9.47 Å². The highest BCUT2D eigenvalue weighted by Crippen LogP contribution is 2.52. The van der Waals surface area contributed by atoms with Crippen LogP contribution in [0.15, 0.2) is 127 Å². The van der Waals surface area contributed by atoms with Gasteiger partial charge in [0.1, 0.15) is 23.7 Å². The second-order valence-electron chi connectivity index (χ2n) is 12.4. The SMILES string of the molecule is COc1ccc(C(OC2CC2(C(=O)O)N(C)C(=O)OCC2c3ccccc3-c3ccccc32)(c2ccccc2)c2ccc(OC)cc2)cc1. The number of rotatable bonds is 11. The quantitative estimate of drug-likeness (QED) is 0.147. The van der Waals surface area contributed by atoms with Crippen molar-refractivity contribution in [2.24, 2.45) is 0 Å². The summed E-state index contributed by atoms with van der Waals surface area (Å²) in [6.45, 7) is 0.0735. The molecule has 5 aromatic rings. The molecule has 2 unspecified atom stereocenters. The molecule has 248 valence electrons. The van der Waals surface area contributed by atoms with Crippen molar-refractivity contribution in [2.75, 3.05) is 27.9 Å². The van der Waals surface area contributed by atoms with Gasteiger partial charge in [-0.25, -0.2) is 9.59 Å².